The van der Waals surface area contributed by atoms with Gasteiger partial charge in [-0.3, -0.25) is 14.6 Å². The maximum Gasteiger partial charge on any atom is 0.307 e. The van der Waals surface area contributed by atoms with Crippen molar-refractivity contribution in [3.05, 3.63) is 110 Å². The maximum atomic E-state index is 12.0. The minimum Gasteiger partial charge on any atom is -0.494 e. The molecule has 0 bridgehead atoms. The highest BCUT2D eigenvalue weighted by molar-refractivity contribution is 7.09. The molecule has 0 atom stereocenters. The third-order valence-electron chi connectivity index (χ3n) is 5.99. The van der Waals surface area contributed by atoms with E-state index in [-0.39, 0.29) is 16.7 Å². The van der Waals surface area contributed by atoms with Gasteiger partial charge in [0, 0.05) is 18.5 Å². The lowest BCUT2D eigenvalue weighted by atomic mass is 9.98. The first-order valence-corrected chi connectivity index (χ1v) is 12.8. The van der Waals surface area contributed by atoms with Gasteiger partial charge in [0.05, 0.1) is 4.88 Å². The van der Waals surface area contributed by atoms with E-state index in [1.54, 1.807) is 0 Å². The number of thiazole rings is 1. The van der Waals surface area contributed by atoms with Crippen LogP contribution in [0.15, 0.2) is 83.7 Å². The molecule has 1 amide bonds. The third kappa shape index (κ3) is 7.17. The highest BCUT2D eigenvalue weighted by Gasteiger charge is 2.08. The Kier molecular flexibility index (Phi) is 8.52. The lowest BCUT2D eigenvalue weighted by molar-refractivity contribution is 0.0953. The number of aromatic nitrogens is 1. The van der Waals surface area contributed by atoms with Crippen LogP contribution in [-0.2, 0) is 12.8 Å². The molecule has 0 aliphatic rings. The van der Waals surface area contributed by atoms with Crippen LogP contribution < -0.4 is 10.2 Å². The molecule has 5 nitrogen and oxygen atoms in total. The number of carbonyl (C=O) groups is 1. The van der Waals surface area contributed by atoms with E-state index in [1.165, 1.54) is 11.1 Å². The Labute approximate surface area is 209 Å². The number of aromatic hydroxyl groups is 1. The molecule has 0 radical (unpaired) electrons. The smallest absolute Gasteiger partial charge is 0.307 e. The average molecular weight is 487 g/mol. The molecule has 1 aromatic heterocycles. The number of H-pyrrole nitrogens is 1. The van der Waals surface area contributed by atoms with E-state index < -0.39 is 0 Å². The Morgan fingerprint density at radius 2 is 1.60 bits per heavy atom. The molecule has 1 heterocycles. The SMILES string of the molecule is O=C(NCCCCCCc1cccc(-c2ccc(Cc3sc(=O)[nH]c3O)cc2)c1)c1ccccc1. The second kappa shape index (κ2) is 12.2. The summed E-state index contributed by atoms with van der Waals surface area (Å²) in [7, 11) is 0. The van der Waals surface area contributed by atoms with Crippen LogP contribution in [-0.4, -0.2) is 22.5 Å². The number of hydrogen-bond donors (Lipinski definition) is 3. The van der Waals surface area contributed by atoms with Crippen molar-refractivity contribution in [1.82, 2.24) is 10.3 Å². The van der Waals surface area contributed by atoms with Crippen molar-refractivity contribution in [2.24, 2.45) is 0 Å². The topological polar surface area (TPSA) is 82.2 Å². The number of aromatic amines is 1. The molecule has 4 aromatic rings. The molecule has 0 unspecified atom stereocenters. The minimum atomic E-state index is -0.235. The van der Waals surface area contributed by atoms with Crippen LogP contribution in [0.25, 0.3) is 11.1 Å². The van der Waals surface area contributed by atoms with E-state index in [1.807, 2.05) is 42.5 Å². The molecule has 3 N–H and O–H groups in total. The second-order valence-corrected chi connectivity index (χ2v) is 9.71. The molecule has 4 rings (SSSR count). The van der Waals surface area contributed by atoms with Crippen LogP contribution in [0.3, 0.4) is 0 Å². The van der Waals surface area contributed by atoms with E-state index >= 15 is 0 Å². The summed E-state index contributed by atoms with van der Waals surface area (Å²) < 4.78 is 0. The molecule has 180 valence electrons. The summed E-state index contributed by atoms with van der Waals surface area (Å²) in [5.41, 5.74) is 5.42. The van der Waals surface area contributed by atoms with Gasteiger partial charge in [-0.25, -0.2) is 0 Å². The van der Waals surface area contributed by atoms with E-state index in [4.69, 9.17) is 0 Å². The van der Waals surface area contributed by atoms with Crippen LogP contribution in [0.1, 0.15) is 52.0 Å². The van der Waals surface area contributed by atoms with Crippen molar-refractivity contribution < 1.29 is 9.90 Å². The number of rotatable bonds is 11. The van der Waals surface area contributed by atoms with Gasteiger partial charge in [0.1, 0.15) is 0 Å². The predicted molar refractivity (Wildman–Crippen MR) is 142 cm³/mol. The van der Waals surface area contributed by atoms with Crippen molar-refractivity contribution in [1.29, 1.82) is 0 Å². The van der Waals surface area contributed by atoms with Crippen molar-refractivity contribution >= 4 is 17.2 Å². The van der Waals surface area contributed by atoms with Gasteiger partial charge in [0.15, 0.2) is 0 Å². The summed E-state index contributed by atoms with van der Waals surface area (Å²) >= 11 is 1.05. The first kappa shape index (κ1) is 24.5. The van der Waals surface area contributed by atoms with E-state index in [0.29, 0.717) is 23.4 Å². The number of benzene rings is 3. The highest BCUT2D eigenvalue weighted by Crippen LogP contribution is 2.25. The molecular weight excluding hydrogens is 456 g/mol. The fraction of sp³-hybridized carbons (Fsp3) is 0.241. The number of aryl methyl sites for hydroxylation is 1. The molecule has 0 saturated carbocycles. The van der Waals surface area contributed by atoms with Gasteiger partial charge in [-0.05, 0) is 53.6 Å². The molecular formula is C29H30N2O3S. The van der Waals surface area contributed by atoms with Gasteiger partial charge in [0.25, 0.3) is 5.91 Å². The van der Waals surface area contributed by atoms with E-state index in [9.17, 15) is 14.7 Å². The fourth-order valence-electron chi connectivity index (χ4n) is 4.08. The summed E-state index contributed by atoms with van der Waals surface area (Å²) in [4.78, 5) is 26.3. The van der Waals surface area contributed by atoms with Crippen molar-refractivity contribution in [2.45, 2.75) is 38.5 Å². The molecule has 0 spiro atoms. The zero-order chi connectivity index (χ0) is 24.5. The fourth-order valence-corrected chi connectivity index (χ4v) is 4.84. The molecule has 6 heteroatoms. The van der Waals surface area contributed by atoms with Gasteiger partial charge in [0.2, 0.25) is 5.88 Å². The Balaban J connectivity index is 1.20. The lowest BCUT2D eigenvalue weighted by Gasteiger charge is -2.08. The Morgan fingerprint density at radius 3 is 2.34 bits per heavy atom. The number of nitrogens with one attached hydrogen (secondary N) is 2. The number of unbranched alkanes of at least 4 members (excludes halogenated alkanes) is 3. The molecule has 0 saturated heterocycles. The van der Waals surface area contributed by atoms with Gasteiger partial charge < -0.3 is 10.4 Å². The van der Waals surface area contributed by atoms with Gasteiger partial charge >= 0.3 is 4.87 Å². The highest BCUT2D eigenvalue weighted by atomic mass is 32.1. The zero-order valence-corrected chi connectivity index (χ0v) is 20.4. The van der Waals surface area contributed by atoms with Crippen LogP contribution in [0.4, 0.5) is 0 Å². The van der Waals surface area contributed by atoms with Crippen LogP contribution >= 0.6 is 11.3 Å². The monoisotopic (exact) mass is 486 g/mol. The van der Waals surface area contributed by atoms with Gasteiger partial charge in [-0.1, -0.05) is 90.9 Å². The molecule has 35 heavy (non-hydrogen) atoms. The van der Waals surface area contributed by atoms with E-state index in [0.717, 1.165) is 54.6 Å². The largest absolute Gasteiger partial charge is 0.494 e. The normalized spacial score (nSPS) is 10.9. The Hall–Kier alpha value is -3.64. The van der Waals surface area contributed by atoms with E-state index in [2.05, 4.69) is 46.7 Å². The number of carbonyl (C=O) groups excluding carboxylic acids is 1. The second-order valence-electron chi connectivity index (χ2n) is 8.65. The quantitative estimate of drug-likeness (QED) is 0.230. The summed E-state index contributed by atoms with van der Waals surface area (Å²) in [6.45, 7) is 0.710. The number of amides is 1. The lowest BCUT2D eigenvalue weighted by Crippen LogP contribution is -2.24. The van der Waals surface area contributed by atoms with Crippen molar-refractivity contribution in [3.8, 4) is 17.0 Å². The summed E-state index contributed by atoms with van der Waals surface area (Å²) in [5.74, 6) is -0.0380. The summed E-state index contributed by atoms with van der Waals surface area (Å²) in [6, 6.07) is 26.2. The Bertz CT molecular complexity index is 1290. The first-order valence-electron chi connectivity index (χ1n) is 12.0. The molecule has 0 fully saturated rings. The molecule has 3 aromatic carbocycles. The third-order valence-corrected chi connectivity index (χ3v) is 6.86. The summed E-state index contributed by atoms with van der Waals surface area (Å²) in [6.07, 6.45) is 5.92. The standard InChI is InChI=1S/C29H30N2O3S/c32-27(24-11-5-3-6-12-24)30-18-7-2-1-4-9-21-10-8-13-25(19-21)23-16-14-22(15-17-23)20-26-28(33)31-29(34)35-26/h3,5-6,8,10-17,19,33H,1-2,4,7,9,18,20H2,(H,30,32)(H,31,34). The Morgan fingerprint density at radius 1 is 0.829 bits per heavy atom. The number of hydrogen-bond acceptors (Lipinski definition) is 4. The van der Waals surface area contributed by atoms with Crippen molar-refractivity contribution in [3.63, 3.8) is 0 Å². The van der Waals surface area contributed by atoms with Crippen LogP contribution in [0, 0.1) is 0 Å². The van der Waals surface area contributed by atoms with Crippen molar-refractivity contribution in [2.75, 3.05) is 6.54 Å². The maximum absolute atomic E-state index is 12.0. The molecule has 0 aliphatic carbocycles. The van der Waals surface area contributed by atoms with Crippen LogP contribution in [0.5, 0.6) is 5.88 Å². The van der Waals surface area contributed by atoms with Gasteiger partial charge in [-0.15, -0.1) is 0 Å². The predicted octanol–water partition coefficient (Wildman–Crippen LogP) is 5.93. The summed E-state index contributed by atoms with van der Waals surface area (Å²) in [5, 5.41) is 12.8. The van der Waals surface area contributed by atoms with Gasteiger partial charge in [-0.2, -0.15) is 0 Å². The minimum absolute atomic E-state index is 0.00443. The molecule has 0 aliphatic heterocycles. The van der Waals surface area contributed by atoms with Crippen LogP contribution in [0.2, 0.25) is 0 Å². The first-order chi connectivity index (χ1) is 17.1. The average Bonchev–Trinajstić information content (AvgIpc) is 3.20. The zero-order valence-electron chi connectivity index (χ0n) is 19.6.